The summed E-state index contributed by atoms with van der Waals surface area (Å²) in [5.74, 6) is 0.684. The van der Waals surface area contributed by atoms with Crippen LogP contribution < -0.4 is 10.1 Å². The lowest BCUT2D eigenvalue weighted by Gasteiger charge is -2.13. The van der Waals surface area contributed by atoms with Gasteiger partial charge in [0.25, 0.3) is 0 Å². The molecule has 18 heavy (non-hydrogen) atoms. The highest BCUT2D eigenvalue weighted by Crippen LogP contribution is 2.28. The summed E-state index contributed by atoms with van der Waals surface area (Å²) in [7, 11) is 3.59. The maximum Gasteiger partial charge on any atom is 0.143 e. The van der Waals surface area contributed by atoms with Gasteiger partial charge >= 0.3 is 0 Å². The smallest absolute Gasteiger partial charge is 0.143 e. The molecule has 0 spiro atoms. The summed E-state index contributed by atoms with van der Waals surface area (Å²) in [4.78, 5) is 0. The molecule has 0 atom stereocenters. The third kappa shape index (κ3) is 2.30. The van der Waals surface area contributed by atoms with Crippen molar-refractivity contribution in [1.29, 1.82) is 5.26 Å². The summed E-state index contributed by atoms with van der Waals surface area (Å²) in [5, 5.41) is 12.4. The Balaban J connectivity index is 2.23. The number of rotatable bonds is 4. The highest BCUT2D eigenvalue weighted by molar-refractivity contribution is 5.66. The maximum atomic E-state index is 9.10. The van der Waals surface area contributed by atoms with Crippen LogP contribution in [0.15, 0.2) is 36.5 Å². The molecule has 2 aromatic rings. The van der Waals surface area contributed by atoms with Gasteiger partial charge in [-0.25, -0.2) is 0 Å². The molecule has 1 heterocycles. The lowest BCUT2D eigenvalue weighted by Crippen LogP contribution is -2.06. The van der Waals surface area contributed by atoms with Crippen LogP contribution >= 0.6 is 0 Å². The molecule has 0 saturated heterocycles. The van der Waals surface area contributed by atoms with Gasteiger partial charge in [-0.05, 0) is 24.3 Å². The van der Waals surface area contributed by atoms with Crippen molar-refractivity contribution in [1.82, 2.24) is 4.57 Å². The van der Waals surface area contributed by atoms with Crippen molar-refractivity contribution in [2.24, 2.45) is 7.05 Å². The molecule has 0 aliphatic heterocycles. The summed E-state index contributed by atoms with van der Waals surface area (Å²) in [5.41, 5.74) is 2.47. The first kappa shape index (κ1) is 12.1. The summed E-state index contributed by atoms with van der Waals surface area (Å²) in [6.07, 6.45) is 1.99. The Bertz CT molecular complexity index is 581. The van der Waals surface area contributed by atoms with Crippen molar-refractivity contribution in [2.45, 2.75) is 6.54 Å². The Morgan fingerprint density at radius 2 is 2.17 bits per heavy atom. The van der Waals surface area contributed by atoms with Gasteiger partial charge in [-0.15, -0.1) is 0 Å². The Morgan fingerprint density at radius 3 is 2.78 bits per heavy atom. The third-order valence-electron chi connectivity index (χ3n) is 2.86. The number of aryl methyl sites for hydroxylation is 1. The number of benzene rings is 1. The fourth-order valence-corrected chi connectivity index (χ4v) is 1.84. The number of nitrogens with zero attached hydrogens (tertiary/aromatic N) is 2. The van der Waals surface area contributed by atoms with E-state index in [0.29, 0.717) is 17.9 Å². The van der Waals surface area contributed by atoms with E-state index in [1.807, 2.05) is 42.1 Å². The Kier molecular flexibility index (Phi) is 3.54. The van der Waals surface area contributed by atoms with Crippen LogP contribution in [0.2, 0.25) is 0 Å². The number of para-hydroxylation sites is 1. The van der Waals surface area contributed by atoms with Crippen LogP contribution in [0, 0.1) is 11.3 Å². The van der Waals surface area contributed by atoms with E-state index in [9.17, 15) is 0 Å². The van der Waals surface area contributed by atoms with Crippen LogP contribution in [-0.4, -0.2) is 11.7 Å². The van der Waals surface area contributed by atoms with Crippen LogP contribution in [-0.2, 0) is 13.6 Å². The van der Waals surface area contributed by atoms with E-state index in [-0.39, 0.29) is 0 Å². The van der Waals surface area contributed by atoms with Gasteiger partial charge in [0.1, 0.15) is 11.8 Å². The van der Waals surface area contributed by atoms with Crippen LogP contribution in [0.3, 0.4) is 0 Å². The van der Waals surface area contributed by atoms with Crippen molar-refractivity contribution < 1.29 is 4.74 Å². The van der Waals surface area contributed by atoms with Crippen molar-refractivity contribution in [3.05, 3.63) is 47.8 Å². The number of hydrogen-bond acceptors (Lipinski definition) is 3. The molecule has 0 unspecified atom stereocenters. The van der Waals surface area contributed by atoms with Gasteiger partial charge in [-0.1, -0.05) is 6.07 Å². The lowest BCUT2D eigenvalue weighted by atomic mass is 10.1. The molecule has 1 aromatic heterocycles. The minimum Gasteiger partial charge on any atom is -0.495 e. The van der Waals surface area contributed by atoms with Crippen molar-refractivity contribution in [3.8, 4) is 11.8 Å². The van der Waals surface area contributed by atoms with E-state index in [2.05, 4.69) is 11.4 Å². The van der Waals surface area contributed by atoms with Crippen LogP contribution in [0.4, 0.5) is 5.69 Å². The Morgan fingerprint density at radius 1 is 1.33 bits per heavy atom. The number of ether oxygens (including phenoxy) is 1. The molecule has 0 aliphatic rings. The predicted octanol–water partition coefficient (Wildman–Crippen LogP) is 2.52. The summed E-state index contributed by atoms with van der Waals surface area (Å²) in [6.45, 7) is 0.651. The van der Waals surface area contributed by atoms with E-state index in [4.69, 9.17) is 10.00 Å². The first-order chi connectivity index (χ1) is 8.76. The third-order valence-corrected chi connectivity index (χ3v) is 2.86. The second kappa shape index (κ2) is 5.28. The standard InChI is InChI=1S/C14H15N3O/c1-17-8-4-6-12(17)10-16-14-11(9-15)5-3-7-13(14)18-2/h3-8,16H,10H2,1-2H3. The molecule has 0 saturated carbocycles. The molecular formula is C14H15N3O. The average Bonchev–Trinajstić information content (AvgIpc) is 2.81. The number of nitriles is 1. The zero-order valence-corrected chi connectivity index (χ0v) is 10.5. The second-order valence-corrected chi connectivity index (χ2v) is 3.96. The Labute approximate surface area is 106 Å². The molecule has 92 valence electrons. The van der Waals surface area contributed by atoms with Gasteiger partial charge in [0, 0.05) is 18.9 Å². The minimum absolute atomic E-state index is 0.587. The molecule has 1 N–H and O–H groups in total. The molecule has 0 bridgehead atoms. The van der Waals surface area contributed by atoms with Crippen molar-refractivity contribution >= 4 is 5.69 Å². The van der Waals surface area contributed by atoms with Gasteiger partial charge in [-0.2, -0.15) is 5.26 Å². The number of anilines is 1. The SMILES string of the molecule is COc1cccc(C#N)c1NCc1cccn1C. The average molecular weight is 241 g/mol. The van der Waals surface area contributed by atoms with Crippen LogP contribution in [0.25, 0.3) is 0 Å². The maximum absolute atomic E-state index is 9.10. The number of methoxy groups -OCH3 is 1. The normalized spacial score (nSPS) is 9.83. The topological polar surface area (TPSA) is 50.0 Å². The fourth-order valence-electron chi connectivity index (χ4n) is 1.84. The van der Waals surface area contributed by atoms with Gasteiger partial charge in [0.05, 0.1) is 24.9 Å². The van der Waals surface area contributed by atoms with Crippen molar-refractivity contribution in [2.75, 3.05) is 12.4 Å². The molecule has 0 aliphatic carbocycles. The minimum atomic E-state index is 0.587. The number of nitrogens with one attached hydrogen (secondary N) is 1. The van der Waals surface area contributed by atoms with E-state index in [0.717, 1.165) is 11.4 Å². The largest absolute Gasteiger partial charge is 0.495 e. The first-order valence-corrected chi connectivity index (χ1v) is 5.67. The zero-order chi connectivity index (χ0) is 13.0. The van der Waals surface area contributed by atoms with Gasteiger partial charge in [0.15, 0.2) is 0 Å². The van der Waals surface area contributed by atoms with Crippen LogP contribution in [0.1, 0.15) is 11.3 Å². The van der Waals surface area contributed by atoms with Gasteiger partial charge in [-0.3, -0.25) is 0 Å². The summed E-state index contributed by atoms with van der Waals surface area (Å²) >= 11 is 0. The molecular weight excluding hydrogens is 226 g/mol. The fraction of sp³-hybridized carbons (Fsp3) is 0.214. The molecule has 4 nitrogen and oxygen atoms in total. The lowest BCUT2D eigenvalue weighted by molar-refractivity contribution is 0.416. The molecule has 0 amide bonds. The number of hydrogen-bond donors (Lipinski definition) is 1. The monoisotopic (exact) mass is 241 g/mol. The van der Waals surface area contributed by atoms with Gasteiger partial charge in [0.2, 0.25) is 0 Å². The number of aromatic nitrogens is 1. The predicted molar refractivity (Wildman–Crippen MR) is 70.4 cm³/mol. The first-order valence-electron chi connectivity index (χ1n) is 5.67. The second-order valence-electron chi connectivity index (χ2n) is 3.96. The highest BCUT2D eigenvalue weighted by Gasteiger charge is 2.08. The molecule has 2 rings (SSSR count). The zero-order valence-electron chi connectivity index (χ0n) is 10.5. The Hall–Kier alpha value is -2.41. The highest BCUT2D eigenvalue weighted by atomic mass is 16.5. The molecule has 1 aromatic carbocycles. The quantitative estimate of drug-likeness (QED) is 0.894. The summed E-state index contributed by atoms with van der Waals surface area (Å²) < 4.78 is 7.30. The summed E-state index contributed by atoms with van der Waals surface area (Å²) in [6, 6.07) is 11.6. The molecule has 0 fully saturated rings. The van der Waals surface area contributed by atoms with E-state index >= 15 is 0 Å². The van der Waals surface area contributed by atoms with E-state index in [1.165, 1.54) is 0 Å². The van der Waals surface area contributed by atoms with Crippen molar-refractivity contribution in [3.63, 3.8) is 0 Å². The van der Waals surface area contributed by atoms with Gasteiger partial charge < -0.3 is 14.6 Å². The molecule has 0 radical (unpaired) electrons. The van der Waals surface area contributed by atoms with E-state index < -0.39 is 0 Å². The van der Waals surface area contributed by atoms with E-state index in [1.54, 1.807) is 13.2 Å². The molecule has 4 heteroatoms. The van der Waals surface area contributed by atoms with Crippen LogP contribution in [0.5, 0.6) is 5.75 Å².